The Bertz CT molecular complexity index is 1200. The molecule has 2 N–H and O–H groups in total. The Morgan fingerprint density at radius 1 is 1.17 bits per heavy atom. The zero-order valence-corrected chi connectivity index (χ0v) is 21.0. The number of carbonyl (C=O) groups is 1. The second-order valence-corrected chi connectivity index (χ2v) is 11.5. The number of nitrogens with one attached hydrogen (secondary N) is 2. The smallest absolute Gasteiger partial charge is 0.319 e. The minimum Gasteiger partial charge on any atom is -0.377 e. The average Bonchev–Trinajstić information content (AvgIpc) is 3.70. The van der Waals surface area contributed by atoms with Gasteiger partial charge in [0.25, 0.3) is 0 Å². The number of sulfonamides is 1. The van der Waals surface area contributed by atoms with Gasteiger partial charge in [0.1, 0.15) is 5.82 Å². The summed E-state index contributed by atoms with van der Waals surface area (Å²) in [5.74, 6) is 1.39. The summed E-state index contributed by atoms with van der Waals surface area (Å²) in [7, 11) is -3.28. The third-order valence-electron chi connectivity index (χ3n) is 6.69. The Labute approximate surface area is 206 Å². The molecule has 188 valence electrons. The van der Waals surface area contributed by atoms with Crippen molar-refractivity contribution < 1.29 is 17.9 Å². The molecule has 1 saturated heterocycles. The van der Waals surface area contributed by atoms with E-state index in [-0.39, 0.29) is 17.3 Å². The molecule has 1 saturated carbocycles. The topological polar surface area (TPSA) is 117 Å². The number of aromatic nitrogens is 2. The molecule has 2 aliphatic heterocycles. The van der Waals surface area contributed by atoms with Gasteiger partial charge >= 0.3 is 6.03 Å². The highest BCUT2D eigenvalue weighted by Crippen LogP contribution is 2.36. The number of nitrogens with zero attached hydrogens (tertiary/aromatic N) is 4. The molecule has 1 aromatic heterocycles. The summed E-state index contributed by atoms with van der Waals surface area (Å²) >= 11 is 0. The Hall–Kier alpha value is -2.76. The maximum Gasteiger partial charge on any atom is 0.319 e. The molecule has 5 rings (SSSR count). The van der Waals surface area contributed by atoms with Gasteiger partial charge in [-0.1, -0.05) is 0 Å². The molecule has 0 bridgehead atoms. The first-order valence-corrected chi connectivity index (χ1v) is 13.8. The van der Waals surface area contributed by atoms with E-state index in [1.807, 2.05) is 31.2 Å². The summed E-state index contributed by atoms with van der Waals surface area (Å²) < 4.78 is 33.2. The van der Waals surface area contributed by atoms with Gasteiger partial charge in [0.2, 0.25) is 10.0 Å². The molecule has 1 aromatic carbocycles. The monoisotopic (exact) mass is 500 g/mol. The minimum absolute atomic E-state index is 0.120. The predicted molar refractivity (Wildman–Crippen MR) is 134 cm³/mol. The van der Waals surface area contributed by atoms with Gasteiger partial charge in [-0.3, -0.25) is 0 Å². The van der Waals surface area contributed by atoms with Crippen LogP contribution in [0.2, 0.25) is 0 Å². The second kappa shape index (κ2) is 9.71. The molecule has 3 aliphatic rings. The molecule has 10 nitrogen and oxygen atoms in total. The number of hydrogen-bond donors (Lipinski definition) is 2. The number of ether oxygens (including phenoxy) is 1. The number of hydrogen-bond acceptors (Lipinski definition) is 7. The fourth-order valence-corrected chi connectivity index (χ4v) is 6.42. The molecule has 1 unspecified atom stereocenters. The molecular weight excluding hydrogens is 468 g/mol. The number of urea groups is 1. The van der Waals surface area contributed by atoms with E-state index in [1.54, 1.807) is 4.31 Å². The van der Waals surface area contributed by atoms with Gasteiger partial charge in [-0.25, -0.2) is 23.2 Å². The number of benzene rings is 1. The highest BCUT2D eigenvalue weighted by molar-refractivity contribution is 7.90. The average molecular weight is 501 g/mol. The molecular formula is C24H32N6O4S. The Morgan fingerprint density at radius 2 is 1.94 bits per heavy atom. The Kier molecular flexibility index (Phi) is 6.65. The minimum atomic E-state index is -3.28. The van der Waals surface area contributed by atoms with E-state index < -0.39 is 10.0 Å². The van der Waals surface area contributed by atoms with Gasteiger partial charge in [0, 0.05) is 49.4 Å². The van der Waals surface area contributed by atoms with Crippen molar-refractivity contribution in [1.29, 1.82) is 0 Å². The van der Waals surface area contributed by atoms with Crippen molar-refractivity contribution >= 4 is 27.6 Å². The second-order valence-electron chi connectivity index (χ2n) is 9.30. The quantitative estimate of drug-likeness (QED) is 0.625. The van der Waals surface area contributed by atoms with Crippen molar-refractivity contribution in [2.45, 2.75) is 50.9 Å². The molecule has 11 heteroatoms. The summed E-state index contributed by atoms with van der Waals surface area (Å²) in [6.07, 6.45) is 2.05. The van der Waals surface area contributed by atoms with Crippen LogP contribution in [-0.2, 0) is 27.7 Å². The van der Waals surface area contributed by atoms with Crippen molar-refractivity contribution in [2.75, 3.05) is 43.1 Å². The summed E-state index contributed by atoms with van der Waals surface area (Å²) in [5.41, 5.74) is 3.31. The summed E-state index contributed by atoms with van der Waals surface area (Å²) in [5, 5.41) is 5.27. The zero-order chi connectivity index (χ0) is 24.6. The highest BCUT2D eigenvalue weighted by atomic mass is 32.2. The van der Waals surface area contributed by atoms with E-state index >= 15 is 0 Å². The van der Waals surface area contributed by atoms with Crippen LogP contribution in [0.4, 0.5) is 16.3 Å². The van der Waals surface area contributed by atoms with Crippen LogP contribution in [0, 0.1) is 0 Å². The van der Waals surface area contributed by atoms with E-state index in [1.165, 1.54) is 0 Å². The van der Waals surface area contributed by atoms with Crippen LogP contribution in [0.15, 0.2) is 24.3 Å². The lowest BCUT2D eigenvalue weighted by Gasteiger charge is -2.38. The van der Waals surface area contributed by atoms with Crippen molar-refractivity contribution in [1.82, 2.24) is 19.6 Å². The van der Waals surface area contributed by atoms with Crippen molar-refractivity contribution in [2.24, 2.45) is 0 Å². The van der Waals surface area contributed by atoms with Gasteiger partial charge in [-0.2, -0.15) is 4.31 Å². The van der Waals surface area contributed by atoms with Crippen LogP contribution in [0.1, 0.15) is 37.9 Å². The molecule has 1 atom stereocenters. The van der Waals surface area contributed by atoms with Crippen LogP contribution in [-0.4, -0.2) is 72.9 Å². The Balaban J connectivity index is 1.49. The van der Waals surface area contributed by atoms with Crippen molar-refractivity contribution in [3.05, 3.63) is 35.5 Å². The molecule has 2 fully saturated rings. The SMILES string of the molecule is CCNC(=O)Nc1ccc(-c2nc3c(c(N4CCOCC4C)n2)CN(S(=O)(=O)C2CC2)CC3)cc1. The molecule has 0 radical (unpaired) electrons. The number of amides is 2. The van der Waals surface area contributed by atoms with Gasteiger partial charge in [-0.05, 0) is 51.0 Å². The number of morpholine rings is 1. The first-order chi connectivity index (χ1) is 16.9. The zero-order valence-electron chi connectivity index (χ0n) is 20.2. The number of fused-ring (bicyclic) bond motifs is 1. The van der Waals surface area contributed by atoms with Gasteiger partial charge in [0.15, 0.2) is 5.82 Å². The lowest BCUT2D eigenvalue weighted by atomic mass is 10.1. The molecule has 0 spiro atoms. The van der Waals surface area contributed by atoms with Crippen LogP contribution in [0.5, 0.6) is 0 Å². The number of rotatable bonds is 6. The first kappa shape index (κ1) is 24.0. The third kappa shape index (κ3) is 4.98. The number of anilines is 2. The van der Waals surface area contributed by atoms with Gasteiger partial charge < -0.3 is 20.3 Å². The molecule has 2 aromatic rings. The van der Waals surface area contributed by atoms with E-state index in [9.17, 15) is 13.2 Å². The standard InChI is InChI=1S/C24H32N6O4S/c1-3-25-24(31)26-18-6-4-17(5-7-18)22-27-21-10-11-29(35(32,33)19-8-9-19)14-20(21)23(28-22)30-12-13-34-15-16(30)2/h4-7,16,19H,3,8-15H2,1-2H3,(H2,25,26,31). The maximum absolute atomic E-state index is 13.0. The van der Waals surface area contributed by atoms with Crippen LogP contribution in [0.25, 0.3) is 11.4 Å². The highest BCUT2D eigenvalue weighted by Gasteiger charge is 2.42. The van der Waals surface area contributed by atoms with Crippen LogP contribution in [0.3, 0.4) is 0 Å². The fourth-order valence-electron chi connectivity index (χ4n) is 4.61. The fraction of sp³-hybridized carbons (Fsp3) is 0.542. The summed E-state index contributed by atoms with van der Waals surface area (Å²) in [4.78, 5) is 23.9. The van der Waals surface area contributed by atoms with Gasteiger partial charge in [-0.15, -0.1) is 0 Å². The van der Waals surface area contributed by atoms with Gasteiger partial charge in [0.05, 0.1) is 30.2 Å². The van der Waals surface area contributed by atoms with Crippen molar-refractivity contribution in [3.8, 4) is 11.4 Å². The van der Waals surface area contributed by atoms with Crippen LogP contribution < -0.4 is 15.5 Å². The number of carbonyl (C=O) groups excluding carboxylic acids is 1. The largest absolute Gasteiger partial charge is 0.377 e. The molecule has 2 amide bonds. The molecule has 1 aliphatic carbocycles. The van der Waals surface area contributed by atoms with E-state index in [0.717, 1.165) is 35.5 Å². The van der Waals surface area contributed by atoms with Crippen LogP contribution >= 0.6 is 0 Å². The van der Waals surface area contributed by atoms with E-state index in [2.05, 4.69) is 22.5 Å². The summed E-state index contributed by atoms with van der Waals surface area (Å²) in [6.45, 7) is 7.14. The molecule has 35 heavy (non-hydrogen) atoms. The lowest BCUT2D eigenvalue weighted by molar-refractivity contribution is 0.0983. The van der Waals surface area contributed by atoms with E-state index in [4.69, 9.17) is 14.7 Å². The lowest BCUT2D eigenvalue weighted by Crippen LogP contribution is -2.46. The van der Waals surface area contributed by atoms with Crippen molar-refractivity contribution in [3.63, 3.8) is 0 Å². The first-order valence-electron chi connectivity index (χ1n) is 12.2. The predicted octanol–water partition coefficient (Wildman–Crippen LogP) is 2.36. The molecule has 3 heterocycles. The third-order valence-corrected chi connectivity index (χ3v) is 9.03. The normalized spacial score (nSPS) is 20.9. The maximum atomic E-state index is 13.0. The van der Waals surface area contributed by atoms with E-state index in [0.29, 0.717) is 57.3 Å². The Morgan fingerprint density at radius 3 is 2.63 bits per heavy atom. The summed E-state index contributed by atoms with van der Waals surface area (Å²) in [6, 6.07) is 7.31.